The largest absolute Gasteiger partial charge is 0.427 e. The first-order chi connectivity index (χ1) is 18.8. The summed E-state index contributed by atoms with van der Waals surface area (Å²) in [6.45, 7) is 11.0. The maximum atomic E-state index is 14.1. The van der Waals surface area contributed by atoms with E-state index in [9.17, 15) is 13.0 Å². The van der Waals surface area contributed by atoms with Crippen LogP contribution in [0.5, 0.6) is 5.75 Å². The number of unbranched alkanes of at least 4 members (excludes halogenated alkanes) is 1. The van der Waals surface area contributed by atoms with E-state index in [1.54, 1.807) is 12.2 Å². The SMILES string of the molecule is C=CC=C.CCCCC(CC)c1cc(C2CCCCC2)cc(C2CCCCC2)c1OSC(F)(F)S(=O)O.CO. The molecule has 0 aromatic heterocycles. The zero-order chi connectivity index (χ0) is 29.3. The van der Waals surface area contributed by atoms with Crippen molar-refractivity contribution in [1.29, 1.82) is 0 Å². The van der Waals surface area contributed by atoms with Gasteiger partial charge in [0.05, 0.1) is 0 Å². The van der Waals surface area contributed by atoms with Crippen molar-refractivity contribution in [3.05, 3.63) is 54.1 Å². The first kappa shape index (κ1) is 35.8. The van der Waals surface area contributed by atoms with Gasteiger partial charge >= 0.3 is 4.59 Å². The Bertz CT molecular complexity index is 860. The second kappa shape index (κ2) is 19.8. The van der Waals surface area contributed by atoms with Gasteiger partial charge in [-0.2, -0.15) is 8.78 Å². The number of hydrogen-bond donors (Lipinski definition) is 2. The molecular weight excluding hydrogens is 538 g/mol. The highest BCUT2D eigenvalue weighted by Gasteiger charge is 2.41. The number of hydrogen-bond acceptors (Lipinski definition) is 4. The summed E-state index contributed by atoms with van der Waals surface area (Å²) in [5.41, 5.74) is 3.42. The number of rotatable bonds is 12. The Kier molecular flexibility index (Phi) is 18.2. The standard InChI is InChI=1S/C26H40F2O3S2.C4H6.CH4O/c1-3-5-12-19(4-2)23-17-22(20-13-8-6-9-14-20)18-24(21-15-10-7-11-16-21)25(23)31-32-26(27,28)33(29)30;1-3-4-2;1-2/h17-21H,3-16H2,1-2H3,(H,29,30);3-4H,1-2H2;2H,1H3. The number of aliphatic hydroxyl groups excluding tert-OH is 1. The van der Waals surface area contributed by atoms with Gasteiger partial charge in [0.1, 0.15) is 17.8 Å². The van der Waals surface area contributed by atoms with E-state index < -0.39 is 15.7 Å². The van der Waals surface area contributed by atoms with Crippen LogP contribution in [0.1, 0.15) is 138 Å². The molecule has 1 aromatic rings. The molecule has 0 amide bonds. The molecule has 2 fully saturated rings. The van der Waals surface area contributed by atoms with Gasteiger partial charge in [0.15, 0.2) is 0 Å². The van der Waals surface area contributed by atoms with Crippen molar-refractivity contribution in [1.82, 2.24) is 0 Å². The number of halogens is 2. The second-order valence-electron chi connectivity index (χ2n) is 10.3. The molecule has 0 bridgehead atoms. The van der Waals surface area contributed by atoms with Gasteiger partial charge in [-0.1, -0.05) is 103 Å². The van der Waals surface area contributed by atoms with Gasteiger partial charge in [0.2, 0.25) is 11.1 Å². The first-order valence-electron chi connectivity index (χ1n) is 14.5. The van der Waals surface area contributed by atoms with E-state index >= 15 is 0 Å². The lowest BCUT2D eigenvalue weighted by Gasteiger charge is -2.31. The van der Waals surface area contributed by atoms with Crippen LogP contribution in [0.3, 0.4) is 0 Å². The maximum Gasteiger partial charge on any atom is 0.427 e. The third-order valence-corrected chi connectivity index (χ3v) is 9.20. The Morgan fingerprint density at radius 1 is 1.03 bits per heavy atom. The van der Waals surface area contributed by atoms with Gasteiger partial charge in [-0.05, 0) is 73.0 Å². The highest BCUT2D eigenvalue weighted by Crippen LogP contribution is 2.48. The Morgan fingerprint density at radius 2 is 1.56 bits per heavy atom. The molecule has 8 heteroatoms. The quantitative estimate of drug-likeness (QED) is 0.144. The topological polar surface area (TPSA) is 66.8 Å². The molecular formula is C31H50F2O4S2. The lowest BCUT2D eigenvalue weighted by molar-refractivity contribution is 0.186. The molecule has 0 heterocycles. The predicted molar refractivity (Wildman–Crippen MR) is 163 cm³/mol. The van der Waals surface area contributed by atoms with Crippen LogP contribution in [-0.4, -0.2) is 25.6 Å². The first-order valence-corrected chi connectivity index (χ1v) is 16.3. The fraction of sp³-hybridized carbons (Fsp3) is 0.677. The highest BCUT2D eigenvalue weighted by atomic mass is 32.2. The zero-order valence-corrected chi connectivity index (χ0v) is 25.8. The van der Waals surface area contributed by atoms with Crippen LogP contribution in [0.4, 0.5) is 8.78 Å². The highest BCUT2D eigenvalue weighted by molar-refractivity contribution is 8.07. The van der Waals surface area contributed by atoms with Gasteiger partial charge in [-0.3, -0.25) is 0 Å². The van der Waals surface area contributed by atoms with Gasteiger partial charge in [-0.15, -0.1) is 0 Å². The van der Waals surface area contributed by atoms with Gasteiger partial charge < -0.3 is 13.8 Å². The molecule has 2 atom stereocenters. The normalized spacial score (nSPS) is 18.0. The number of aliphatic hydroxyl groups is 1. The fourth-order valence-electron chi connectivity index (χ4n) is 5.64. The zero-order valence-electron chi connectivity index (χ0n) is 24.1. The van der Waals surface area contributed by atoms with Crippen LogP contribution in [0, 0.1) is 0 Å². The summed E-state index contributed by atoms with van der Waals surface area (Å²) < 4.78 is 50.3. The Balaban J connectivity index is 0.00000116. The summed E-state index contributed by atoms with van der Waals surface area (Å²) >= 11 is -3.45. The third kappa shape index (κ3) is 11.7. The Morgan fingerprint density at radius 3 is 2.03 bits per heavy atom. The van der Waals surface area contributed by atoms with E-state index in [0.717, 1.165) is 69.6 Å². The Hall–Kier alpha value is -1.22. The number of allylic oxidation sites excluding steroid dienone is 2. The summed E-state index contributed by atoms with van der Waals surface area (Å²) in [4.78, 5) is 0. The average molecular weight is 589 g/mol. The molecule has 39 heavy (non-hydrogen) atoms. The maximum absolute atomic E-state index is 14.1. The van der Waals surface area contributed by atoms with Crippen molar-refractivity contribution in [2.45, 2.75) is 126 Å². The van der Waals surface area contributed by atoms with E-state index in [1.165, 1.54) is 44.1 Å². The predicted octanol–water partition coefficient (Wildman–Crippen LogP) is 10.2. The van der Waals surface area contributed by atoms with Crippen molar-refractivity contribution in [3.63, 3.8) is 0 Å². The monoisotopic (exact) mass is 588 g/mol. The molecule has 2 saturated carbocycles. The second-order valence-corrected chi connectivity index (χ2v) is 12.4. The summed E-state index contributed by atoms with van der Waals surface area (Å²) in [6, 6.07) is 4.47. The molecule has 2 N–H and O–H groups in total. The third-order valence-electron chi connectivity index (χ3n) is 7.72. The molecule has 0 spiro atoms. The van der Waals surface area contributed by atoms with Gasteiger partial charge in [0, 0.05) is 7.11 Å². The van der Waals surface area contributed by atoms with Crippen LogP contribution in [0.15, 0.2) is 37.4 Å². The van der Waals surface area contributed by atoms with E-state index in [4.69, 9.17) is 13.8 Å². The molecule has 0 aliphatic heterocycles. The Labute approximate surface area is 242 Å². The van der Waals surface area contributed by atoms with Crippen molar-refractivity contribution >= 4 is 23.1 Å². The van der Waals surface area contributed by atoms with Crippen molar-refractivity contribution in [2.24, 2.45) is 0 Å². The molecule has 4 nitrogen and oxygen atoms in total. The van der Waals surface area contributed by atoms with Crippen molar-refractivity contribution < 1.29 is 26.8 Å². The lowest BCUT2D eigenvalue weighted by atomic mass is 9.76. The van der Waals surface area contributed by atoms with Gasteiger partial charge in [-0.25, -0.2) is 4.21 Å². The van der Waals surface area contributed by atoms with Crippen LogP contribution in [0.2, 0.25) is 0 Å². The van der Waals surface area contributed by atoms with Crippen LogP contribution in [-0.2, 0) is 11.1 Å². The number of benzene rings is 1. The van der Waals surface area contributed by atoms with E-state index in [2.05, 4.69) is 39.1 Å². The van der Waals surface area contributed by atoms with Crippen LogP contribution in [0.25, 0.3) is 0 Å². The van der Waals surface area contributed by atoms with Crippen LogP contribution >= 0.6 is 12.0 Å². The minimum absolute atomic E-state index is 0.158. The molecule has 1 aromatic carbocycles. The molecule has 0 radical (unpaired) electrons. The van der Waals surface area contributed by atoms with Crippen molar-refractivity contribution in [3.8, 4) is 5.75 Å². The van der Waals surface area contributed by atoms with Crippen LogP contribution < -0.4 is 4.18 Å². The summed E-state index contributed by atoms with van der Waals surface area (Å²) in [5, 5.41) is 7.00. The number of alkyl halides is 2. The summed E-state index contributed by atoms with van der Waals surface area (Å²) in [7, 11) is 1.00. The van der Waals surface area contributed by atoms with E-state index in [1.807, 2.05) is 0 Å². The molecule has 0 saturated heterocycles. The van der Waals surface area contributed by atoms with Crippen molar-refractivity contribution in [2.75, 3.05) is 7.11 Å². The fourth-order valence-corrected chi connectivity index (χ4v) is 6.34. The molecule has 2 aliphatic carbocycles. The average Bonchev–Trinajstić information content (AvgIpc) is 2.98. The molecule has 2 unspecified atom stereocenters. The van der Waals surface area contributed by atoms with E-state index in [0.29, 0.717) is 17.6 Å². The molecule has 3 rings (SSSR count). The minimum atomic E-state index is -3.87. The van der Waals surface area contributed by atoms with Gasteiger partial charge in [0.25, 0.3) is 0 Å². The summed E-state index contributed by atoms with van der Waals surface area (Å²) in [5.74, 6) is 1.60. The molecule has 2 aliphatic rings. The summed E-state index contributed by atoms with van der Waals surface area (Å²) in [6.07, 6.45) is 19.1. The smallest absolute Gasteiger partial charge is 0.418 e. The minimum Gasteiger partial charge on any atom is -0.418 e. The molecule has 224 valence electrons. The van der Waals surface area contributed by atoms with E-state index in [-0.39, 0.29) is 18.0 Å². The lowest BCUT2D eigenvalue weighted by Crippen LogP contribution is -2.20.